The van der Waals surface area contributed by atoms with Crippen molar-refractivity contribution in [2.45, 2.75) is 0 Å². The van der Waals surface area contributed by atoms with Crippen LogP contribution in [0.3, 0.4) is 0 Å². The van der Waals surface area contributed by atoms with Crippen molar-refractivity contribution in [3.05, 3.63) is 60.3 Å². The van der Waals surface area contributed by atoms with Crippen LogP contribution in [-0.4, -0.2) is 17.7 Å². The third-order valence-corrected chi connectivity index (χ3v) is 3.52. The molecule has 0 spiro atoms. The molecule has 5 nitrogen and oxygen atoms in total. The first-order chi connectivity index (χ1) is 10.8. The number of pyridine rings is 1. The average molecular weight is 292 g/mol. The maximum absolute atomic E-state index is 12.5. The lowest BCUT2D eigenvalue weighted by atomic mass is 10.1. The van der Waals surface area contributed by atoms with Gasteiger partial charge in [-0.05, 0) is 24.3 Å². The number of rotatable bonds is 2. The van der Waals surface area contributed by atoms with Gasteiger partial charge in [0.15, 0.2) is 11.5 Å². The first-order valence-corrected chi connectivity index (χ1v) is 6.86. The fraction of sp³-hybridized carbons (Fsp3) is 0.0588. The van der Waals surface area contributed by atoms with Crippen LogP contribution in [0.5, 0.6) is 11.5 Å². The summed E-state index contributed by atoms with van der Waals surface area (Å²) in [5.41, 5.74) is 1.87. The van der Waals surface area contributed by atoms with E-state index in [1.54, 1.807) is 24.4 Å². The molecule has 0 atom stereocenters. The van der Waals surface area contributed by atoms with Crippen molar-refractivity contribution in [1.82, 2.24) is 4.98 Å². The summed E-state index contributed by atoms with van der Waals surface area (Å²) < 4.78 is 10.7. The van der Waals surface area contributed by atoms with E-state index < -0.39 is 0 Å². The van der Waals surface area contributed by atoms with Crippen LogP contribution in [0, 0.1) is 0 Å². The third-order valence-electron chi connectivity index (χ3n) is 3.52. The van der Waals surface area contributed by atoms with Gasteiger partial charge in [-0.2, -0.15) is 0 Å². The Morgan fingerprint density at radius 2 is 1.91 bits per heavy atom. The molecule has 0 unspecified atom stereocenters. The number of ether oxygens (including phenoxy) is 2. The average Bonchev–Trinajstić information content (AvgIpc) is 3.03. The molecule has 1 aromatic heterocycles. The Kier molecular flexibility index (Phi) is 2.89. The molecule has 2 aromatic carbocycles. The van der Waals surface area contributed by atoms with Crippen molar-refractivity contribution in [3.8, 4) is 11.5 Å². The van der Waals surface area contributed by atoms with Crippen molar-refractivity contribution in [3.63, 3.8) is 0 Å². The molecule has 1 N–H and O–H groups in total. The molecule has 108 valence electrons. The lowest BCUT2D eigenvalue weighted by molar-refractivity contribution is 0.102. The van der Waals surface area contributed by atoms with Gasteiger partial charge in [-0.1, -0.05) is 24.3 Å². The molecule has 2 heterocycles. The first kappa shape index (κ1) is 12.6. The van der Waals surface area contributed by atoms with Gasteiger partial charge in [-0.15, -0.1) is 0 Å². The number of carbonyl (C=O) groups is 1. The molecular formula is C17H12N2O3. The van der Waals surface area contributed by atoms with Gasteiger partial charge in [0, 0.05) is 11.6 Å². The number of anilines is 1. The molecule has 5 heteroatoms. The van der Waals surface area contributed by atoms with E-state index in [4.69, 9.17) is 9.47 Å². The molecule has 0 bridgehead atoms. The molecule has 0 saturated carbocycles. The second kappa shape index (κ2) is 5.04. The van der Waals surface area contributed by atoms with Crippen molar-refractivity contribution in [2.75, 3.05) is 12.1 Å². The van der Waals surface area contributed by atoms with E-state index in [0.717, 1.165) is 10.9 Å². The topological polar surface area (TPSA) is 60.5 Å². The first-order valence-electron chi connectivity index (χ1n) is 6.86. The van der Waals surface area contributed by atoms with Crippen LogP contribution in [0.4, 0.5) is 5.69 Å². The van der Waals surface area contributed by atoms with Gasteiger partial charge in [0.05, 0.1) is 16.8 Å². The Labute approximate surface area is 126 Å². The number of aromatic nitrogens is 1. The zero-order chi connectivity index (χ0) is 14.9. The number of hydrogen-bond donors (Lipinski definition) is 1. The summed E-state index contributed by atoms with van der Waals surface area (Å²) in [6.07, 6.45) is 1.70. The zero-order valence-corrected chi connectivity index (χ0v) is 11.6. The highest BCUT2D eigenvalue weighted by molar-refractivity contribution is 6.10. The summed E-state index contributed by atoms with van der Waals surface area (Å²) in [5, 5.41) is 3.86. The van der Waals surface area contributed by atoms with Crippen molar-refractivity contribution >= 4 is 22.5 Å². The second-order valence-electron chi connectivity index (χ2n) is 4.87. The third kappa shape index (κ3) is 2.03. The highest BCUT2D eigenvalue weighted by atomic mass is 16.7. The van der Waals surface area contributed by atoms with Gasteiger partial charge in [-0.25, -0.2) is 0 Å². The number of nitrogens with one attached hydrogen (secondary N) is 1. The number of amides is 1. The van der Waals surface area contributed by atoms with E-state index >= 15 is 0 Å². The Bertz CT molecular complexity index is 871. The summed E-state index contributed by atoms with van der Waals surface area (Å²) in [6, 6.07) is 14.7. The van der Waals surface area contributed by atoms with E-state index in [2.05, 4.69) is 10.3 Å². The van der Waals surface area contributed by atoms with E-state index in [-0.39, 0.29) is 12.7 Å². The van der Waals surface area contributed by atoms with Gasteiger partial charge in [-0.3, -0.25) is 9.78 Å². The SMILES string of the molecule is O=C(Nc1cccc2cccnc12)c1cccc2c1OCO2. The van der Waals surface area contributed by atoms with Crippen molar-refractivity contribution in [1.29, 1.82) is 0 Å². The van der Waals surface area contributed by atoms with Gasteiger partial charge in [0.25, 0.3) is 5.91 Å². The Hall–Kier alpha value is -3.08. The lowest BCUT2D eigenvalue weighted by Crippen LogP contribution is -2.13. The van der Waals surface area contributed by atoms with Crippen LogP contribution >= 0.6 is 0 Å². The standard InChI is InChI=1S/C17H12N2O3/c20-17(12-6-2-8-14-16(12)22-10-21-14)19-13-7-1-4-11-5-3-9-18-15(11)13/h1-9H,10H2,(H,19,20). The van der Waals surface area contributed by atoms with Gasteiger partial charge in [0.1, 0.15) is 0 Å². The van der Waals surface area contributed by atoms with Crippen LogP contribution in [0.2, 0.25) is 0 Å². The summed E-state index contributed by atoms with van der Waals surface area (Å²) in [7, 11) is 0. The molecule has 0 radical (unpaired) electrons. The van der Waals surface area contributed by atoms with E-state index in [9.17, 15) is 4.79 Å². The van der Waals surface area contributed by atoms with Gasteiger partial charge in [0.2, 0.25) is 6.79 Å². The Balaban J connectivity index is 1.71. The zero-order valence-electron chi connectivity index (χ0n) is 11.6. The predicted molar refractivity (Wildman–Crippen MR) is 82.3 cm³/mol. The van der Waals surface area contributed by atoms with Gasteiger partial charge >= 0.3 is 0 Å². The van der Waals surface area contributed by atoms with Crippen molar-refractivity contribution in [2.24, 2.45) is 0 Å². The largest absolute Gasteiger partial charge is 0.454 e. The monoisotopic (exact) mass is 292 g/mol. The highest BCUT2D eigenvalue weighted by Crippen LogP contribution is 2.35. The number of para-hydroxylation sites is 2. The summed E-state index contributed by atoms with van der Waals surface area (Å²) >= 11 is 0. The van der Waals surface area contributed by atoms with Crippen LogP contribution in [0.15, 0.2) is 54.7 Å². The number of fused-ring (bicyclic) bond motifs is 2. The molecule has 4 rings (SSSR count). The minimum atomic E-state index is -0.250. The molecule has 0 fully saturated rings. The maximum Gasteiger partial charge on any atom is 0.259 e. The fourth-order valence-electron chi connectivity index (χ4n) is 2.50. The molecule has 1 amide bonds. The van der Waals surface area contributed by atoms with Crippen molar-refractivity contribution < 1.29 is 14.3 Å². The van der Waals surface area contributed by atoms with E-state index in [1.807, 2.05) is 30.3 Å². The quantitative estimate of drug-likeness (QED) is 0.788. The molecule has 3 aromatic rings. The van der Waals surface area contributed by atoms with Crippen LogP contribution < -0.4 is 14.8 Å². The minimum absolute atomic E-state index is 0.134. The Morgan fingerprint density at radius 1 is 1.05 bits per heavy atom. The van der Waals surface area contributed by atoms with Gasteiger partial charge < -0.3 is 14.8 Å². The number of hydrogen-bond acceptors (Lipinski definition) is 4. The molecule has 22 heavy (non-hydrogen) atoms. The van der Waals surface area contributed by atoms with Crippen LogP contribution in [0.25, 0.3) is 10.9 Å². The number of nitrogens with zero attached hydrogens (tertiary/aromatic N) is 1. The molecule has 1 aliphatic rings. The lowest BCUT2D eigenvalue weighted by Gasteiger charge is -2.09. The second-order valence-corrected chi connectivity index (χ2v) is 4.87. The van der Waals surface area contributed by atoms with E-state index in [0.29, 0.717) is 22.7 Å². The highest BCUT2D eigenvalue weighted by Gasteiger charge is 2.22. The summed E-state index contributed by atoms with van der Waals surface area (Å²) in [5.74, 6) is 0.817. The number of benzene rings is 2. The summed E-state index contributed by atoms with van der Waals surface area (Å²) in [6.45, 7) is 0.134. The minimum Gasteiger partial charge on any atom is -0.454 e. The fourth-order valence-corrected chi connectivity index (χ4v) is 2.50. The summed E-state index contributed by atoms with van der Waals surface area (Å²) in [4.78, 5) is 16.9. The van der Waals surface area contributed by atoms with E-state index in [1.165, 1.54) is 0 Å². The molecular weight excluding hydrogens is 280 g/mol. The normalized spacial score (nSPS) is 12.4. The Morgan fingerprint density at radius 3 is 2.86 bits per heavy atom. The number of carbonyl (C=O) groups excluding carboxylic acids is 1. The van der Waals surface area contributed by atoms with Crippen LogP contribution in [0.1, 0.15) is 10.4 Å². The predicted octanol–water partition coefficient (Wildman–Crippen LogP) is 3.22. The maximum atomic E-state index is 12.5. The molecule has 0 saturated heterocycles. The molecule has 0 aliphatic carbocycles. The van der Waals surface area contributed by atoms with Crippen LogP contribution in [-0.2, 0) is 0 Å². The molecule has 1 aliphatic heterocycles. The smallest absolute Gasteiger partial charge is 0.259 e.